The minimum Gasteiger partial charge on any atom is -0.373 e. The highest BCUT2D eigenvalue weighted by Gasteiger charge is 2.15. The molecule has 1 aliphatic rings. The van der Waals surface area contributed by atoms with Crippen molar-refractivity contribution >= 4 is 28.6 Å². The van der Waals surface area contributed by atoms with Crippen molar-refractivity contribution in [2.45, 2.75) is 0 Å². The molecule has 172 valence electrons. The second-order valence-corrected chi connectivity index (χ2v) is 8.29. The smallest absolute Gasteiger partial charge is 0.129 e. The van der Waals surface area contributed by atoms with E-state index in [2.05, 4.69) is 66.7 Å². The van der Waals surface area contributed by atoms with Gasteiger partial charge in [-0.15, -0.1) is 0 Å². The maximum Gasteiger partial charge on any atom is 0.129 e. The number of piperazine rings is 1. The van der Waals surface area contributed by atoms with Crippen molar-refractivity contribution in [1.82, 2.24) is 29.2 Å². The van der Waals surface area contributed by atoms with Gasteiger partial charge in [0.15, 0.2) is 0 Å². The molecule has 1 fully saturated rings. The summed E-state index contributed by atoms with van der Waals surface area (Å²) in [6, 6.07) is 8.22. The van der Waals surface area contributed by atoms with Crippen LogP contribution in [0.2, 0.25) is 0 Å². The predicted octanol–water partition coefficient (Wildman–Crippen LogP) is 3.49. The number of anilines is 2. The van der Waals surface area contributed by atoms with Crippen molar-refractivity contribution in [3.8, 4) is 11.3 Å². The Labute approximate surface area is 195 Å². The van der Waals surface area contributed by atoms with E-state index in [9.17, 15) is 0 Å². The SMILES string of the molecule is C=Cc1ccnc(N2CCN(C)CC2)c1.CNc1cc2cc(-c3cn(C)n3C)cnc2cn1. The molecule has 4 aromatic rings. The van der Waals surface area contributed by atoms with Crippen LogP contribution in [-0.2, 0) is 14.1 Å². The fourth-order valence-corrected chi connectivity index (χ4v) is 3.80. The van der Waals surface area contributed by atoms with E-state index in [1.165, 1.54) is 5.69 Å². The van der Waals surface area contributed by atoms with E-state index in [4.69, 9.17) is 0 Å². The van der Waals surface area contributed by atoms with Gasteiger partial charge in [-0.3, -0.25) is 14.3 Å². The Bertz CT molecular complexity index is 1230. The van der Waals surface area contributed by atoms with Gasteiger partial charge in [0.2, 0.25) is 0 Å². The van der Waals surface area contributed by atoms with Crippen LogP contribution < -0.4 is 10.2 Å². The normalized spacial score (nSPS) is 14.1. The van der Waals surface area contributed by atoms with Gasteiger partial charge >= 0.3 is 0 Å². The highest BCUT2D eigenvalue weighted by atomic mass is 15.4. The van der Waals surface area contributed by atoms with E-state index in [1.54, 1.807) is 6.20 Å². The van der Waals surface area contributed by atoms with E-state index in [1.807, 2.05) is 56.4 Å². The number of aryl methyl sites for hydroxylation is 1. The summed E-state index contributed by atoms with van der Waals surface area (Å²) in [5.74, 6) is 1.93. The second-order valence-electron chi connectivity index (χ2n) is 8.29. The molecular weight excluding hydrogens is 412 g/mol. The van der Waals surface area contributed by atoms with Crippen LogP contribution in [0.1, 0.15) is 5.56 Å². The molecule has 8 nitrogen and oxygen atoms in total. The molecule has 0 spiro atoms. The minimum absolute atomic E-state index is 0.856. The number of fused-ring (bicyclic) bond motifs is 1. The third-order valence-electron chi connectivity index (χ3n) is 6.08. The topological polar surface area (TPSA) is 67.0 Å². The average molecular weight is 445 g/mol. The summed E-state index contributed by atoms with van der Waals surface area (Å²) in [5.41, 5.74) is 4.35. The summed E-state index contributed by atoms with van der Waals surface area (Å²) < 4.78 is 4.12. The number of nitrogens with one attached hydrogen (secondary N) is 1. The first-order valence-corrected chi connectivity index (χ1v) is 11.1. The fourth-order valence-electron chi connectivity index (χ4n) is 3.80. The number of likely N-dealkylation sites (N-methyl/N-ethyl adjacent to an activating group) is 1. The van der Waals surface area contributed by atoms with Gasteiger partial charge in [-0.05, 0) is 36.9 Å². The highest BCUT2D eigenvalue weighted by molar-refractivity contribution is 5.84. The molecule has 33 heavy (non-hydrogen) atoms. The highest BCUT2D eigenvalue weighted by Crippen LogP contribution is 2.24. The van der Waals surface area contributed by atoms with Crippen LogP contribution in [0.4, 0.5) is 11.6 Å². The van der Waals surface area contributed by atoms with Crippen molar-refractivity contribution in [2.24, 2.45) is 14.1 Å². The van der Waals surface area contributed by atoms with Crippen molar-refractivity contribution in [2.75, 3.05) is 50.5 Å². The third kappa shape index (κ3) is 5.06. The monoisotopic (exact) mass is 444 g/mol. The van der Waals surface area contributed by atoms with Crippen molar-refractivity contribution in [3.05, 3.63) is 61.2 Å². The maximum atomic E-state index is 4.44. The van der Waals surface area contributed by atoms with Crippen LogP contribution in [0.15, 0.2) is 55.6 Å². The zero-order valence-corrected chi connectivity index (χ0v) is 19.9. The van der Waals surface area contributed by atoms with Crippen LogP contribution in [0.5, 0.6) is 0 Å². The molecule has 0 bridgehead atoms. The van der Waals surface area contributed by atoms with Crippen LogP contribution in [-0.4, -0.2) is 69.5 Å². The van der Waals surface area contributed by atoms with E-state index in [0.29, 0.717) is 0 Å². The van der Waals surface area contributed by atoms with Gasteiger partial charge in [0.1, 0.15) is 11.6 Å². The number of hydrogen-bond donors (Lipinski definition) is 1. The van der Waals surface area contributed by atoms with Gasteiger partial charge in [-0.2, -0.15) is 0 Å². The Morgan fingerprint density at radius 3 is 2.42 bits per heavy atom. The lowest BCUT2D eigenvalue weighted by Gasteiger charge is -2.33. The van der Waals surface area contributed by atoms with Crippen LogP contribution in [0, 0.1) is 0 Å². The average Bonchev–Trinajstić information content (AvgIpc) is 2.87. The number of aromatic nitrogens is 5. The van der Waals surface area contributed by atoms with Crippen LogP contribution in [0.25, 0.3) is 28.2 Å². The first-order valence-electron chi connectivity index (χ1n) is 11.1. The molecular formula is C25H32N8. The van der Waals surface area contributed by atoms with E-state index in [-0.39, 0.29) is 0 Å². The van der Waals surface area contributed by atoms with Crippen LogP contribution >= 0.6 is 0 Å². The lowest BCUT2D eigenvalue weighted by atomic mass is 10.1. The zero-order valence-electron chi connectivity index (χ0n) is 19.9. The molecule has 1 saturated heterocycles. The standard InChI is InChI=1S/C13H15N5.C12H17N3/c1-14-13-5-9-4-10(6-15-11(9)7-16-13)12-8-17(2)18(12)3;1-3-11-4-5-13-12(10-11)15-8-6-14(2)7-9-15/h4-8H,1-3H3,(H,14,16);3-5,10H,1,6-9H2,2H3. The van der Waals surface area contributed by atoms with Gasteiger partial charge in [0.05, 0.1) is 17.4 Å². The maximum absolute atomic E-state index is 4.44. The van der Waals surface area contributed by atoms with Crippen molar-refractivity contribution in [1.29, 1.82) is 0 Å². The molecule has 1 N–H and O–H groups in total. The largest absolute Gasteiger partial charge is 0.373 e. The summed E-state index contributed by atoms with van der Waals surface area (Å²) >= 11 is 0. The molecule has 5 heterocycles. The molecule has 0 radical (unpaired) electrons. The Balaban J connectivity index is 0.000000160. The van der Waals surface area contributed by atoms with Gasteiger partial charge < -0.3 is 15.1 Å². The molecule has 4 aromatic heterocycles. The van der Waals surface area contributed by atoms with Gasteiger partial charge in [0.25, 0.3) is 0 Å². The molecule has 0 unspecified atom stereocenters. The minimum atomic E-state index is 0.856. The first-order chi connectivity index (χ1) is 16.0. The number of nitrogens with zero attached hydrogens (tertiary/aromatic N) is 7. The molecule has 0 saturated carbocycles. The zero-order chi connectivity index (χ0) is 23.4. The van der Waals surface area contributed by atoms with Crippen molar-refractivity contribution in [3.63, 3.8) is 0 Å². The van der Waals surface area contributed by atoms with E-state index in [0.717, 1.165) is 59.8 Å². The van der Waals surface area contributed by atoms with Crippen LogP contribution in [0.3, 0.4) is 0 Å². The van der Waals surface area contributed by atoms with E-state index >= 15 is 0 Å². The lowest BCUT2D eigenvalue weighted by molar-refractivity contribution is 0.312. The van der Waals surface area contributed by atoms with Gasteiger partial charge in [-0.25, -0.2) is 9.97 Å². The summed E-state index contributed by atoms with van der Waals surface area (Å²) in [7, 11) is 8.07. The predicted molar refractivity (Wildman–Crippen MR) is 137 cm³/mol. The molecule has 0 aliphatic carbocycles. The third-order valence-corrected chi connectivity index (χ3v) is 6.08. The Morgan fingerprint density at radius 2 is 1.76 bits per heavy atom. The molecule has 0 aromatic carbocycles. The Hall–Kier alpha value is -3.65. The molecule has 1 aliphatic heterocycles. The number of pyridine rings is 3. The Morgan fingerprint density at radius 1 is 0.970 bits per heavy atom. The summed E-state index contributed by atoms with van der Waals surface area (Å²) in [5, 5.41) is 4.13. The van der Waals surface area contributed by atoms with Gasteiger partial charge in [0, 0.05) is 76.9 Å². The first kappa shape index (κ1) is 22.5. The quantitative estimate of drug-likeness (QED) is 0.520. The second kappa shape index (κ2) is 9.87. The van der Waals surface area contributed by atoms with Gasteiger partial charge in [-0.1, -0.05) is 12.7 Å². The summed E-state index contributed by atoms with van der Waals surface area (Å²) in [4.78, 5) is 17.8. The number of rotatable bonds is 4. The van der Waals surface area contributed by atoms with Crippen molar-refractivity contribution < 1.29 is 0 Å². The molecule has 8 heteroatoms. The van der Waals surface area contributed by atoms with E-state index < -0.39 is 0 Å². The Kier molecular flexibility index (Phi) is 6.74. The number of hydrogen-bond acceptors (Lipinski definition) is 6. The fraction of sp³-hybridized carbons (Fsp3) is 0.320. The molecule has 0 amide bonds. The lowest BCUT2D eigenvalue weighted by Crippen LogP contribution is -2.44. The molecule has 0 atom stereocenters. The molecule has 5 rings (SSSR count). The summed E-state index contributed by atoms with van der Waals surface area (Å²) in [6.07, 6.45) is 9.48. The summed E-state index contributed by atoms with van der Waals surface area (Å²) in [6.45, 7) is 8.12.